The first-order valence-electron chi connectivity index (χ1n) is 10.7. The Labute approximate surface area is 181 Å². The van der Waals surface area contributed by atoms with E-state index in [2.05, 4.69) is 25.2 Å². The van der Waals surface area contributed by atoms with Gasteiger partial charge in [-0.05, 0) is 58.1 Å². The van der Waals surface area contributed by atoms with E-state index in [9.17, 15) is 9.90 Å². The highest BCUT2D eigenvalue weighted by Gasteiger charge is 2.15. The molecule has 1 aromatic heterocycles. The molecule has 0 saturated carbocycles. The van der Waals surface area contributed by atoms with Crippen molar-refractivity contribution in [3.8, 4) is 5.95 Å². The van der Waals surface area contributed by atoms with Crippen molar-refractivity contribution in [2.75, 3.05) is 7.11 Å². The third kappa shape index (κ3) is 7.17. The summed E-state index contributed by atoms with van der Waals surface area (Å²) in [5, 5.41) is 10.3. The van der Waals surface area contributed by atoms with E-state index in [1.807, 2.05) is 52.8 Å². The van der Waals surface area contributed by atoms with Crippen molar-refractivity contribution < 1.29 is 14.3 Å². The lowest BCUT2D eigenvalue weighted by atomic mass is 9.96. The first kappa shape index (κ1) is 25.7. The second-order valence-corrected chi connectivity index (χ2v) is 7.97. The van der Waals surface area contributed by atoms with Gasteiger partial charge in [-0.1, -0.05) is 56.7 Å². The third-order valence-electron chi connectivity index (χ3n) is 5.38. The normalized spacial score (nSPS) is 16.3. The molecule has 1 heterocycles. The Morgan fingerprint density at radius 3 is 2.50 bits per heavy atom. The number of rotatable bonds is 10. The van der Waals surface area contributed by atoms with E-state index < -0.39 is 6.10 Å². The summed E-state index contributed by atoms with van der Waals surface area (Å²) in [4.78, 5) is 12.5. The average molecular weight is 415 g/mol. The molecule has 0 unspecified atom stereocenters. The number of aliphatic hydroxyl groups excluding tert-OH is 1. The van der Waals surface area contributed by atoms with Crippen molar-refractivity contribution in [1.29, 1.82) is 0 Å². The Morgan fingerprint density at radius 1 is 1.27 bits per heavy atom. The van der Waals surface area contributed by atoms with Gasteiger partial charge in [0, 0.05) is 11.5 Å². The fourth-order valence-corrected chi connectivity index (χ4v) is 3.24. The summed E-state index contributed by atoms with van der Waals surface area (Å²) < 4.78 is 11.0. The van der Waals surface area contributed by atoms with E-state index in [0.717, 1.165) is 17.6 Å². The summed E-state index contributed by atoms with van der Waals surface area (Å²) in [6.07, 6.45) is 13.1. The van der Waals surface area contributed by atoms with Crippen LogP contribution in [0.5, 0.6) is 5.95 Å². The van der Waals surface area contributed by atoms with E-state index in [-0.39, 0.29) is 17.3 Å². The van der Waals surface area contributed by atoms with E-state index in [1.54, 1.807) is 6.92 Å². The number of allylic oxidation sites excluding steroid dienone is 5. The third-order valence-corrected chi connectivity index (χ3v) is 5.38. The predicted molar refractivity (Wildman–Crippen MR) is 126 cm³/mol. The molecule has 1 aromatic rings. The smallest absolute Gasteiger partial charge is 0.291 e. The standard InChI is InChI=1S/C26H38O4/c1-9-19(5)24(27)20(6)16-18(4)13-11-12-17(3)14-15-23-21(7)25(28)22(10-2)26(29-8)30-23/h9,11,13-17,20,24,27H,10,12H2,1-8H3/t17-,20+,24+/m1/s1. The van der Waals surface area contributed by atoms with Gasteiger partial charge >= 0.3 is 0 Å². The van der Waals surface area contributed by atoms with Crippen LogP contribution in [-0.2, 0) is 6.42 Å². The first-order chi connectivity index (χ1) is 14.2. The fourth-order valence-electron chi connectivity index (χ4n) is 3.24. The summed E-state index contributed by atoms with van der Waals surface area (Å²) in [6, 6.07) is 0. The zero-order chi connectivity index (χ0) is 22.8. The van der Waals surface area contributed by atoms with Gasteiger partial charge in [-0.3, -0.25) is 4.79 Å². The van der Waals surface area contributed by atoms with E-state index in [0.29, 0.717) is 29.3 Å². The lowest BCUT2D eigenvalue weighted by Gasteiger charge is -2.16. The second-order valence-electron chi connectivity index (χ2n) is 7.97. The largest absolute Gasteiger partial charge is 0.468 e. The van der Waals surface area contributed by atoms with Gasteiger partial charge in [0.1, 0.15) is 5.76 Å². The van der Waals surface area contributed by atoms with Gasteiger partial charge in [0.15, 0.2) is 5.43 Å². The Balaban J connectivity index is 2.80. The minimum absolute atomic E-state index is 0.0157. The summed E-state index contributed by atoms with van der Waals surface area (Å²) in [6.45, 7) is 13.8. The second kappa shape index (κ2) is 12.4. The van der Waals surface area contributed by atoms with Crippen LogP contribution in [0.1, 0.15) is 64.9 Å². The van der Waals surface area contributed by atoms with Gasteiger partial charge < -0.3 is 14.3 Å². The molecule has 0 aliphatic rings. The molecule has 1 N–H and O–H groups in total. The van der Waals surface area contributed by atoms with Gasteiger partial charge in [0.2, 0.25) is 0 Å². The zero-order valence-electron chi connectivity index (χ0n) is 19.8. The lowest BCUT2D eigenvalue weighted by Crippen LogP contribution is -2.17. The Morgan fingerprint density at radius 2 is 1.93 bits per heavy atom. The highest BCUT2D eigenvalue weighted by Crippen LogP contribution is 2.22. The van der Waals surface area contributed by atoms with Gasteiger partial charge in [-0.15, -0.1) is 0 Å². The van der Waals surface area contributed by atoms with Crippen molar-refractivity contribution in [1.82, 2.24) is 0 Å². The van der Waals surface area contributed by atoms with Crippen LogP contribution in [0.2, 0.25) is 0 Å². The molecular formula is C26H38O4. The summed E-state index contributed by atoms with van der Waals surface area (Å²) >= 11 is 0. The van der Waals surface area contributed by atoms with E-state index in [1.165, 1.54) is 7.11 Å². The Hall–Kier alpha value is -2.33. The zero-order valence-corrected chi connectivity index (χ0v) is 19.8. The van der Waals surface area contributed by atoms with Gasteiger partial charge in [-0.25, -0.2) is 0 Å². The molecule has 166 valence electrons. The van der Waals surface area contributed by atoms with Crippen LogP contribution < -0.4 is 10.2 Å². The van der Waals surface area contributed by atoms with Crippen LogP contribution in [0.3, 0.4) is 0 Å². The van der Waals surface area contributed by atoms with Gasteiger partial charge in [0.25, 0.3) is 5.95 Å². The molecule has 4 heteroatoms. The van der Waals surface area contributed by atoms with Crippen molar-refractivity contribution in [3.63, 3.8) is 0 Å². The number of aliphatic hydroxyl groups is 1. The molecule has 3 atom stereocenters. The Bertz CT molecular complexity index is 868. The SMILES string of the molecule is CC=C(C)[C@H](O)[C@@H](C)C=C(C)C=CC[C@@H](C)C=Cc1oc(OC)c(CC)c(=O)c1C. The quantitative estimate of drug-likeness (QED) is 0.375. The number of hydrogen-bond donors (Lipinski definition) is 1. The molecular weight excluding hydrogens is 376 g/mol. The molecule has 0 aliphatic carbocycles. The lowest BCUT2D eigenvalue weighted by molar-refractivity contribution is 0.173. The molecule has 0 fully saturated rings. The number of methoxy groups -OCH3 is 1. The number of hydrogen-bond acceptors (Lipinski definition) is 4. The van der Waals surface area contributed by atoms with E-state index in [4.69, 9.17) is 9.15 Å². The highest BCUT2D eigenvalue weighted by molar-refractivity contribution is 5.49. The van der Waals surface area contributed by atoms with Gasteiger partial charge in [0.05, 0.1) is 18.8 Å². The molecule has 0 radical (unpaired) electrons. The van der Waals surface area contributed by atoms with Crippen LogP contribution in [0, 0.1) is 18.8 Å². The molecule has 0 aromatic carbocycles. The van der Waals surface area contributed by atoms with Crippen molar-refractivity contribution in [2.24, 2.45) is 11.8 Å². The average Bonchev–Trinajstić information content (AvgIpc) is 2.73. The molecule has 0 aliphatic heterocycles. The monoisotopic (exact) mass is 414 g/mol. The maximum atomic E-state index is 12.5. The molecule has 1 rings (SSSR count). The molecule has 30 heavy (non-hydrogen) atoms. The predicted octanol–water partition coefficient (Wildman–Crippen LogP) is 6.02. The summed E-state index contributed by atoms with van der Waals surface area (Å²) in [5.74, 6) is 1.19. The first-order valence-corrected chi connectivity index (χ1v) is 10.7. The minimum atomic E-state index is -0.450. The molecule has 0 spiro atoms. The molecule has 4 nitrogen and oxygen atoms in total. The molecule has 0 bridgehead atoms. The van der Waals surface area contributed by atoms with Crippen LogP contribution >= 0.6 is 0 Å². The summed E-state index contributed by atoms with van der Waals surface area (Å²) in [7, 11) is 1.52. The van der Waals surface area contributed by atoms with Crippen LogP contribution in [0.15, 0.2) is 50.7 Å². The molecule has 0 saturated heterocycles. The molecule has 0 amide bonds. The van der Waals surface area contributed by atoms with Crippen LogP contribution in [0.4, 0.5) is 0 Å². The number of ether oxygens (including phenoxy) is 1. The van der Waals surface area contributed by atoms with E-state index >= 15 is 0 Å². The van der Waals surface area contributed by atoms with Gasteiger partial charge in [-0.2, -0.15) is 0 Å². The summed E-state index contributed by atoms with van der Waals surface area (Å²) in [5.41, 5.74) is 3.28. The Kier molecular flexibility index (Phi) is 10.6. The van der Waals surface area contributed by atoms with Crippen molar-refractivity contribution in [2.45, 2.75) is 67.4 Å². The maximum absolute atomic E-state index is 12.5. The van der Waals surface area contributed by atoms with Crippen molar-refractivity contribution in [3.05, 3.63) is 68.6 Å². The van der Waals surface area contributed by atoms with Crippen LogP contribution in [0.25, 0.3) is 6.08 Å². The fraction of sp³-hybridized carbons (Fsp3) is 0.500. The van der Waals surface area contributed by atoms with Crippen molar-refractivity contribution >= 4 is 6.08 Å². The topological polar surface area (TPSA) is 59.7 Å². The van der Waals surface area contributed by atoms with Crippen LogP contribution in [-0.4, -0.2) is 18.3 Å². The highest BCUT2D eigenvalue weighted by atomic mass is 16.6. The minimum Gasteiger partial charge on any atom is -0.468 e. The maximum Gasteiger partial charge on any atom is 0.291 e.